The Morgan fingerprint density at radius 2 is 1.83 bits per heavy atom. The van der Waals surface area contributed by atoms with Crippen LogP contribution in [0.3, 0.4) is 0 Å². The molecule has 0 saturated carbocycles. The minimum atomic E-state index is 0.202. The molecule has 4 heteroatoms. The van der Waals surface area contributed by atoms with Crippen molar-refractivity contribution in [2.45, 2.75) is 19.9 Å². The third-order valence-electron chi connectivity index (χ3n) is 2.96. The van der Waals surface area contributed by atoms with E-state index in [2.05, 4.69) is 53.3 Å². The SMILES string of the molecule is CNC(c1cc(C)c(Br)c(C)c1)c1ccc(Cl)s1. The van der Waals surface area contributed by atoms with Gasteiger partial charge in [0, 0.05) is 9.35 Å². The molecule has 0 amide bonds. The van der Waals surface area contributed by atoms with Crippen molar-refractivity contribution in [1.29, 1.82) is 0 Å². The number of hydrogen-bond acceptors (Lipinski definition) is 2. The molecule has 18 heavy (non-hydrogen) atoms. The van der Waals surface area contributed by atoms with Crippen molar-refractivity contribution in [3.05, 3.63) is 54.6 Å². The van der Waals surface area contributed by atoms with E-state index in [1.165, 1.54) is 26.0 Å². The van der Waals surface area contributed by atoms with Gasteiger partial charge < -0.3 is 5.32 Å². The molecule has 1 aromatic heterocycles. The predicted molar refractivity (Wildman–Crippen MR) is 83.8 cm³/mol. The van der Waals surface area contributed by atoms with E-state index in [1.807, 2.05) is 13.1 Å². The smallest absolute Gasteiger partial charge is 0.0931 e. The molecule has 0 aliphatic heterocycles. The van der Waals surface area contributed by atoms with Gasteiger partial charge in [0.15, 0.2) is 0 Å². The zero-order chi connectivity index (χ0) is 13.3. The van der Waals surface area contributed by atoms with Crippen molar-refractivity contribution in [2.24, 2.45) is 0 Å². The first-order chi connectivity index (χ1) is 8.52. The van der Waals surface area contributed by atoms with Crippen LogP contribution >= 0.6 is 38.9 Å². The van der Waals surface area contributed by atoms with Gasteiger partial charge in [0.1, 0.15) is 0 Å². The number of thiophene rings is 1. The van der Waals surface area contributed by atoms with E-state index in [9.17, 15) is 0 Å². The maximum Gasteiger partial charge on any atom is 0.0931 e. The largest absolute Gasteiger partial charge is 0.309 e. The van der Waals surface area contributed by atoms with Crippen LogP contribution in [-0.2, 0) is 0 Å². The fourth-order valence-electron chi connectivity index (χ4n) is 2.10. The minimum Gasteiger partial charge on any atom is -0.309 e. The van der Waals surface area contributed by atoms with E-state index in [1.54, 1.807) is 11.3 Å². The number of halogens is 2. The van der Waals surface area contributed by atoms with Gasteiger partial charge in [-0.15, -0.1) is 11.3 Å². The summed E-state index contributed by atoms with van der Waals surface area (Å²) in [5.41, 5.74) is 3.79. The highest BCUT2D eigenvalue weighted by atomic mass is 79.9. The summed E-state index contributed by atoms with van der Waals surface area (Å²) in [5.74, 6) is 0. The molecular formula is C14H15BrClNS. The fourth-order valence-corrected chi connectivity index (χ4v) is 3.53. The Morgan fingerprint density at radius 1 is 1.22 bits per heavy atom. The first-order valence-corrected chi connectivity index (χ1v) is 7.71. The molecule has 96 valence electrons. The lowest BCUT2D eigenvalue weighted by Crippen LogP contribution is -2.16. The Labute approximate surface area is 125 Å². The number of hydrogen-bond donors (Lipinski definition) is 1. The number of aryl methyl sites for hydroxylation is 2. The quantitative estimate of drug-likeness (QED) is 0.818. The molecule has 1 N–H and O–H groups in total. The molecule has 1 aromatic carbocycles. The van der Waals surface area contributed by atoms with Crippen LogP contribution in [0.25, 0.3) is 0 Å². The number of rotatable bonds is 3. The summed E-state index contributed by atoms with van der Waals surface area (Å²) in [7, 11) is 1.98. The molecule has 0 aliphatic carbocycles. The average Bonchev–Trinajstić information content (AvgIpc) is 2.73. The van der Waals surface area contributed by atoms with E-state index in [0.717, 1.165) is 4.34 Å². The predicted octanol–water partition coefficient (Wildman–Crippen LogP) is 5.09. The van der Waals surface area contributed by atoms with Crippen LogP contribution < -0.4 is 5.32 Å². The van der Waals surface area contributed by atoms with Crippen LogP contribution in [0.5, 0.6) is 0 Å². The van der Waals surface area contributed by atoms with Gasteiger partial charge in [0.2, 0.25) is 0 Å². The highest BCUT2D eigenvalue weighted by molar-refractivity contribution is 9.10. The summed E-state index contributed by atoms with van der Waals surface area (Å²) < 4.78 is 2.01. The highest BCUT2D eigenvalue weighted by Crippen LogP contribution is 2.33. The standard InChI is InChI=1S/C14H15BrClNS/c1-8-6-10(7-9(2)13(8)15)14(17-3)11-4-5-12(16)18-11/h4-7,14,17H,1-3H3. The number of benzene rings is 1. The second-order valence-electron chi connectivity index (χ2n) is 4.33. The third kappa shape index (κ3) is 2.80. The van der Waals surface area contributed by atoms with Gasteiger partial charge in [-0.3, -0.25) is 0 Å². The van der Waals surface area contributed by atoms with Crippen molar-refractivity contribution in [3.63, 3.8) is 0 Å². The molecule has 0 aliphatic rings. The molecule has 1 atom stereocenters. The van der Waals surface area contributed by atoms with Crippen LogP contribution in [0.1, 0.15) is 27.6 Å². The molecule has 2 aromatic rings. The zero-order valence-corrected chi connectivity index (χ0v) is 13.7. The second kappa shape index (κ2) is 5.74. The molecule has 0 spiro atoms. The maximum atomic E-state index is 6.02. The van der Waals surface area contributed by atoms with Crippen molar-refractivity contribution in [3.8, 4) is 0 Å². The van der Waals surface area contributed by atoms with Crippen molar-refractivity contribution in [2.75, 3.05) is 7.05 Å². The average molecular weight is 345 g/mol. The molecule has 0 fully saturated rings. The molecule has 2 rings (SSSR count). The zero-order valence-electron chi connectivity index (χ0n) is 10.6. The van der Waals surface area contributed by atoms with Gasteiger partial charge in [0.25, 0.3) is 0 Å². The Balaban J connectivity index is 2.45. The van der Waals surface area contributed by atoms with Crippen LogP contribution in [0.4, 0.5) is 0 Å². The Hall–Kier alpha value is -0.350. The highest BCUT2D eigenvalue weighted by Gasteiger charge is 2.15. The monoisotopic (exact) mass is 343 g/mol. The first-order valence-electron chi connectivity index (χ1n) is 5.72. The van der Waals surface area contributed by atoms with Crippen LogP contribution in [0, 0.1) is 13.8 Å². The summed E-state index contributed by atoms with van der Waals surface area (Å²) in [5, 5.41) is 3.36. The van der Waals surface area contributed by atoms with Crippen LogP contribution in [0.2, 0.25) is 4.34 Å². The van der Waals surface area contributed by atoms with Gasteiger partial charge in [-0.2, -0.15) is 0 Å². The van der Waals surface area contributed by atoms with Gasteiger partial charge >= 0.3 is 0 Å². The number of nitrogens with one attached hydrogen (secondary N) is 1. The lowest BCUT2D eigenvalue weighted by Gasteiger charge is -2.17. The molecular weight excluding hydrogens is 330 g/mol. The minimum absolute atomic E-state index is 0.202. The third-order valence-corrected chi connectivity index (χ3v) is 5.51. The topological polar surface area (TPSA) is 12.0 Å². The maximum absolute atomic E-state index is 6.02. The van der Waals surface area contributed by atoms with E-state index in [-0.39, 0.29) is 6.04 Å². The first kappa shape index (κ1) is 14.1. The van der Waals surface area contributed by atoms with Crippen molar-refractivity contribution < 1.29 is 0 Å². The molecule has 0 saturated heterocycles. The summed E-state index contributed by atoms with van der Waals surface area (Å²) in [6.45, 7) is 4.24. The normalized spacial score (nSPS) is 12.7. The molecule has 1 heterocycles. The van der Waals surface area contributed by atoms with Crippen LogP contribution in [-0.4, -0.2) is 7.05 Å². The van der Waals surface area contributed by atoms with E-state index in [0.29, 0.717) is 0 Å². The Morgan fingerprint density at radius 3 is 2.28 bits per heavy atom. The molecule has 0 radical (unpaired) electrons. The van der Waals surface area contributed by atoms with Crippen molar-refractivity contribution >= 4 is 38.9 Å². The molecule has 0 bridgehead atoms. The van der Waals surface area contributed by atoms with Gasteiger partial charge in [0.05, 0.1) is 10.4 Å². The molecule has 1 unspecified atom stereocenters. The van der Waals surface area contributed by atoms with Gasteiger partial charge in [-0.1, -0.05) is 39.7 Å². The van der Waals surface area contributed by atoms with Gasteiger partial charge in [-0.05, 0) is 49.7 Å². The molecule has 1 nitrogen and oxygen atoms in total. The Kier molecular flexibility index (Phi) is 4.49. The van der Waals surface area contributed by atoms with Crippen LogP contribution in [0.15, 0.2) is 28.7 Å². The summed E-state index contributed by atoms with van der Waals surface area (Å²) in [4.78, 5) is 1.24. The Bertz CT molecular complexity index is 542. The van der Waals surface area contributed by atoms with Crippen molar-refractivity contribution in [1.82, 2.24) is 5.32 Å². The fraction of sp³-hybridized carbons (Fsp3) is 0.286. The van der Waals surface area contributed by atoms with E-state index >= 15 is 0 Å². The van der Waals surface area contributed by atoms with E-state index < -0.39 is 0 Å². The van der Waals surface area contributed by atoms with E-state index in [4.69, 9.17) is 11.6 Å². The summed E-state index contributed by atoms with van der Waals surface area (Å²) in [6.07, 6.45) is 0. The summed E-state index contributed by atoms with van der Waals surface area (Å²) in [6, 6.07) is 8.66. The lowest BCUT2D eigenvalue weighted by atomic mass is 10.0. The second-order valence-corrected chi connectivity index (χ2v) is 6.87. The van der Waals surface area contributed by atoms with Gasteiger partial charge in [-0.25, -0.2) is 0 Å². The summed E-state index contributed by atoms with van der Waals surface area (Å²) >= 11 is 11.2. The lowest BCUT2D eigenvalue weighted by molar-refractivity contribution is 0.702.